The van der Waals surface area contributed by atoms with Gasteiger partial charge in [0.15, 0.2) is 0 Å². The third-order valence-corrected chi connectivity index (χ3v) is 3.85. The molecule has 0 spiro atoms. The average molecular weight is 350 g/mol. The SMILES string of the molecule is CCc1ccc(-c2[nH]ncc2C=NNC(=O)c2cc(O)cc(O)c2)cc1. The van der Waals surface area contributed by atoms with Gasteiger partial charge in [0.25, 0.3) is 5.91 Å². The number of carbonyl (C=O) groups is 1. The highest BCUT2D eigenvalue weighted by molar-refractivity contribution is 5.96. The number of carbonyl (C=O) groups excluding carboxylic acids is 1. The van der Waals surface area contributed by atoms with Crippen LogP contribution in [0.1, 0.15) is 28.4 Å². The molecular weight excluding hydrogens is 332 g/mol. The molecule has 1 aromatic heterocycles. The Morgan fingerprint density at radius 3 is 2.54 bits per heavy atom. The smallest absolute Gasteiger partial charge is 0.271 e. The maximum absolute atomic E-state index is 12.0. The minimum Gasteiger partial charge on any atom is -0.508 e. The first kappa shape index (κ1) is 17.2. The number of amides is 1. The summed E-state index contributed by atoms with van der Waals surface area (Å²) >= 11 is 0. The highest BCUT2D eigenvalue weighted by Crippen LogP contribution is 2.21. The molecule has 0 saturated heterocycles. The second kappa shape index (κ2) is 7.52. The topological polar surface area (TPSA) is 111 Å². The minimum absolute atomic E-state index is 0.0993. The zero-order chi connectivity index (χ0) is 18.5. The zero-order valence-corrected chi connectivity index (χ0v) is 14.1. The molecule has 1 amide bonds. The van der Waals surface area contributed by atoms with Gasteiger partial charge in [-0.2, -0.15) is 10.2 Å². The summed E-state index contributed by atoms with van der Waals surface area (Å²) in [7, 11) is 0. The van der Waals surface area contributed by atoms with E-state index in [4.69, 9.17) is 0 Å². The highest BCUT2D eigenvalue weighted by Gasteiger charge is 2.09. The van der Waals surface area contributed by atoms with Crippen molar-refractivity contribution in [3.05, 3.63) is 65.4 Å². The number of rotatable bonds is 5. The summed E-state index contributed by atoms with van der Waals surface area (Å²) in [4.78, 5) is 12.0. The molecule has 2 aromatic carbocycles. The molecule has 0 atom stereocenters. The largest absolute Gasteiger partial charge is 0.508 e. The van der Waals surface area contributed by atoms with Gasteiger partial charge in [-0.3, -0.25) is 9.89 Å². The zero-order valence-electron chi connectivity index (χ0n) is 14.1. The van der Waals surface area contributed by atoms with Gasteiger partial charge >= 0.3 is 0 Å². The van der Waals surface area contributed by atoms with Gasteiger partial charge in [0.2, 0.25) is 0 Å². The molecule has 0 saturated carbocycles. The fourth-order valence-electron chi connectivity index (χ4n) is 2.48. The van der Waals surface area contributed by atoms with E-state index < -0.39 is 5.91 Å². The summed E-state index contributed by atoms with van der Waals surface area (Å²) in [6, 6.07) is 11.7. The first-order valence-corrected chi connectivity index (χ1v) is 8.06. The maximum atomic E-state index is 12.0. The van der Waals surface area contributed by atoms with Gasteiger partial charge in [0.05, 0.1) is 18.1 Å². The van der Waals surface area contributed by atoms with Crippen LogP contribution in [0.15, 0.2) is 53.8 Å². The number of phenols is 2. The van der Waals surface area contributed by atoms with Gasteiger partial charge in [-0.25, -0.2) is 5.43 Å². The molecular formula is C19H18N4O3. The van der Waals surface area contributed by atoms with E-state index >= 15 is 0 Å². The summed E-state index contributed by atoms with van der Waals surface area (Å²) in [5.41, 5.74) is 6.17. The van der Waals surface area contributed by atoms with Gasteiger partial charge in [-0.1, -0.05) is 31.2 Å². The number of hydrogen-bond acceptors (Lipinski definition) is 5. The molecule has 26 heavy (non-hydrogen) atoms. The number of hydrazone groups is 1. The molecule has 1 heterocycles. The predicted octanol–water partition coefficient (Wildman–Crippen LogP) is 2.81. The number of benzene rings is 2. The molecule has 132 valence electrons. The number of H-pyrrole nitrogens is 1. The van der Waals surface area contributed by atoms with Crippen molar-refractivity contribution < 1.29 is 15.0 Å². The molecule has 7 nitrogen and oxygen atoms in total. The molecule has 3 rings (SSSR count). The standard InChI is InChI=1S/C19H18N4O3/c1-2-12-3-5-13(6-4-12)18-15(10-20-22-18)11-21-23-19(26)14-7-16(24)9-17(25)8-14/h3-11,24-25H,2H2,1H3,(H,20,22)(H,23,26). The number of aromatic amines is 1. The van der Waals surface area contributed by atoms with Gasteiger partial charge in [-0.05, 0) is 24.1 Å². The van der Waals surface area contributed by atoms with Gasteiger partial charge in [0, 0.05) is 22.8 Å². The Morgan fingerprint density at radius 1 is 1.19 bits per heavy atom. The predicted molar refractivity (Wildman–Crippen MR) is 98.2 cm³/mol. The second-order valence-electron chi connectivity index (χ2n) is 5.69. The number of aryl methyl sites for hydroxylation is 1. The number of nitrogens with zero attached hydrogens (tertiary/aromatic N) is 2. The molecule has 0 radical (unpaired) electrons. The normalized spacial score (nSPS) is 11.0. The summed E-state index contributed by atoms with van der Waals surface area (Å²) in [5, 5.41) is 29.7. The van der Waals surface area contributed by atoms with E-state index in [-0.39, 0.29) is 17.1 Å². The van der Waals surface area contributed by atoms with Crippen molar-refractivity contribution in [2.75, 3.05) is 0 Å². The van der Waals surface area contributed by atoms with Gasteiger partial charge in [-0.15, -0.1) is 0 Å². The Balaban J connectivity index is 1.73. The number of phenolic OH excluding ortho intramolecular Hbond substituents is 2. The van der Waals surface area contributed by atoms with Crippen molar-refractivity contribution in [3.63, 3.8) is 0 Å². The van der Waals surface area contributed by atoms with E-state index in [1.165, 1.54) is 23.9 Å². The number of aromatic hydroxyl groups is 2. The number of aromatic nitrogens is 2. The highest BCUT2D eigenvalue weighted by atomic mass is 16.3. The Labute approximate surface area is 150 Å². The lowest BCUT2D eigenvalue weighted by molar-refractivity contribution is 0.0954. The van der Waals surface area contributed by atoms with Crippen LogP contribution in [-0.2, 0) is 6.42 Å². The van der Waals surface area contributed by atoms with Crippen LogP contribution in [0.4, 0.5) is 0 Å². The Kier molecular flexibility index (Phi) is 4.98. The Bertz CT molecular complexity index is 925. The molecule has 0 aliphatic carbocycles. The molecule has 0 aliphatic rings. The lowest BCUT2D eigenvalue weighted by atomic mass is 10.1. The van der Waals surface area contributed by atoms with Crippen LogP contribution in [-0.4, -0.2) is 32.5 Å². The van der Waals surface area contributed by atoms with Crippen molar-refractivity contribution in [2.24, 2.45) is 5.10 Å². The van der Waals surface area contributed by atoms with E-state index in [1.54, 1.807) is 6.20 Å². The third-order valence-electron chi connectivity index (χ3n) is 3.85. The third kappa shape index (κ3) is 3.89. The van der Waals surface area contributed by atoms with Gasteiger partial charge in [0.1, 0.15) is 11.5 Å². The van der Waals surface area contributed by atoms with E-state index in [9.17, 15) is 15.0 Å². The molecule has 7 heteroatoms. The molecule has 0 fully saturated rings. The second-order valence-corrected chi connectivity index (χ2v) is 5.69. The van der Waals surface area contributed by atoms with Crippen molar-refractivity contribution >= 4 is 12.1 Å². The monoisotopic (exact) mass is 350 g/mol. The maximum Gasteiger partial charge on any atom is 0.271 e. The number of nitrogens with one attached hydrogen (secondary N) is 2. The molecule has 0 unspecified atom stereocenters. The fourth-order valence-corrected chi connectivity index (χ4v) is 2.48. The van der Waals surface area contributed by atoms with Crippen LogP contribution >= 0.6 is 0 Å². The summed E-state index contributed by atoms with van der Waals surface area (Å²) < 4.78 is 0. The fraction of sp³-hybridized carbons (Fsp3) is 0.105. The summed E-state index contributed by atoms with van der Waals surface area (Å²) in [5.74, 6) is -0.955. The van der Waals surface area contributed by atoms with Crippen molar-refractivity contribution in [1.82, 2.24) is 15.6 Å². The average Bonchev–Trinajstić information content (AvgIpc) is 3.09. The Morgan fingerprint density at radius 2 is 1.88 bits per heavy atom. The van der Waals surface area contributed by atoms with E-state index in [2.05, 4.69) is 27.6 Å². The Hall–Kier alpha value is -3.61. The van der Waals surface area contributed by atoms with E-state index in [0.717, 1.165) is 23.7 Å². The van der Waals surface area contributed by atoms with Crippen molar-refractivity contribution in [1.29, 1.82) is 0 Å². The van der Waals surface area contributed by atoms with E-state index in [1.807, 2.05) is 24.3 Å². The van der Waals surface area contributed by atoms with Crippen LogP contribution < -0.4 is 5.43 Å². The molecule has 4 N–H and O–H groups in total. The molecule has 0 bridgehead atoms. The minimum atomic E-state index is -0.551. The first-order chi connectivity index (χ1) is 12.6. The van der Waals surface area contributed by atoms with Crippen LogP contribution in [0.25, 0.3) is 11.3 Å². The number of hydrogen-bond donors (Lipinski definition) is 4. The molecule has 0 aliphatic heterocycles. The van der Waals surface area contributed by atoms with Crippen LogP contribution in [0.3, 0.4) is 0 Å². The van der Waals surface area contributed by atoms with Crippen LogP contribution in [0.2, 0.25) is 0 Å². The molecule has 3 aromatic rings. The summed E-state index contributed by atoms with van der Waals surface area (Å²) in [6.07, 6.45) is 4.06. The van der Waals surface area contributed by atoms with Crippen molar-refractivity contribution in [2.45, 2.75) is 13.3 Å². The van der Waals surface area contributed by atoms with Crippen LogP contribution in [0, 0.1) is 0 Å². The van der Waals surface area contributed by atoms with Gasteiger partial charge < -0.3 is 10.2 Å². The first-order valence-electron chi connectivity index (χ1n) is 8.06. The van der Waals surface area contributed by atoms with Crippen molar-refractivity contribution in [3.8, 4) is 22.8 Å². The van der Waals surface area contributed by atoms with Crippen LogP contribution in [0.5, 0.6) is 11.5 Å². The van der Waals surface area contributed by atoms with E-state index in [0.29, 0.717) is 5.56 Å². The lowest BCUT2D eigenvalue weighted by Crippen LogP contribution is -2.17. The summed E-state index contributed by atoms with van der Waals surface area (Å²) in [6.45, 7) is 2.10. The quantitative estimate of drug-likeness (QED) is 0.419. The lowest BCUT2D eigenvalue weighted by Gasteiger charge is -2.03.